The standard InChI is InChI=1S/C26H38O2/c1-23(2,3)27-28-26(8,9)22(24(4,5)20-16-12-10-13-17-20)25(6,7)21-18-14-11-15-19-21/h10-19,22H,1-9H3. The summed E-state index contributed by atoms with van der Waals surface area (Å²) >= 11 is 0. The zero-order chi connectivity index (χ0) is 21.2. The average molecular weight is 383 g/mol. The summed E-state index contributed by atoms with van der Waals surface area (Å²) in [6, 6.07) is 21.5. The SMILES string of the molecule is CC(C)(C)OOC(C)(C)C(C(C)(C)c1ccccc1)C(C)(C)c1ccccc1. The Balaban J connectivity index is 2.58. The molecule has 0 aromatic heterocycles. The van der Waals surface area contributed by atoms with Gasteiger partial charge < -0.3 is 0 Å². The zero-order valence-electron chi connectivity index (χ0n) is 19.2. The molecule has 0 saturated heterocycles. The molecule has 28 heavy (non-hydrogen) atoms. The van der Waals surface area contributed by atoms with Gasteiger partial charge in [-0.2, -0.15) is 0 Å². The normalized spacial score (nSPS) is 13.8. The summed E-state index contributed by atoms with van der Waals surface area (Å²) in [7, 11) is 0. The van der Waals surface area contributed by atoms with Crippen molar-refractivity contribution in [2.24, 2.45) is 5.92 Å². The van der Waals surface area contributed by atoms with E-state index in [2.05, 4.69) is 102 Å². The fourth-order valence-corrected chi connectivity index (χ4v) is 4.99. The molecule has 0 radical (unpaired) electrons. The summed E-state index contributed by atoms with van der Waals surface area (Å²) in [4.78, 5) is 12.0. The molecular formula is C26H38O2. The van der Waals surface area contributed by atoms with Crippen LogP contribution in [0.25, 0.3) is 0 Å². The second-order valence-corrected chi connectivity index (χ2v) is 10.5. The van der Waals surface area contributed by atoms with E-state index in [1.807, 2.05) is 20.8 Å². The van der Waals surface area contributed by atoms with Crippen LogP contribution >= 0.6 is 0 Å². The topological polar surface area (TPSA) is 18.5 Å². The highest BCUT2D eigenvalue weighted by molar-refractivity contribution is 5.33. The van der Waals surface area contributed by atoms with Crippen molar-refractivity contribution in [3.05, 3.63) is 71.8 Å². The van der Waals surface area contributed by atoms with Gasteiger partial charge in [-0.25, -0.2) is 9.78 Å². The monoisotopic (exact) mass is 382 g/mol. The third-order valence-corrected chi connectivity index (χ3v) is 5.68. The van der Waals surface area contributed by atoms with Crippen LogP contribution in [0.5, 0.6) is 0 Å². The van der Waals surface area contributed by atoms with E-state index in [4.69, 9.17) is 9.78 Å². The van der Waals surface area contributed by atoms with Crippen LogP contribution in [-0.4, -0.2) is 11.2 Å². The molecule has 0 amide bonds. The van der Waals surface area contributed by atoms with E-state index in [0.717, 1.165) is 0 Å². The number of hydrogen-bond donors (Lipinski definition) is 0. The van der Waals surface area contributed by atoms with Crippen molar-refractivity contribution in [3.8, 4) is 0 Å². The van der Waals surface area contributed by atoms with Crippen molar-refractivity contribution in [1.29, 1.82) is 0 Å². The Morgan fingerprint density at radius 1 is 0.536 bits per heavy atom. The summed E-state index contributed by atoms with van der Waals surface area (Å²) in [5.74, 6) is 0.139. The first-order valence-corrected chi connectivity index (χ1v) is 10.3. The summed E-state index contributed by atoms with van der Waals surface area (Å²) in [5, 5.41) is 0. The van der Waals surface area contributed by atoms with Crippen LogP contribution in [-0.2, 0) is 20.6 Å². The highest BCUT2D eigenvalue weighted by Crippen LogP contribution is 2.51. The third kappa shape index (κ3) is 5.04. The van der Waals surface area contributed by atoms with Crippen molar-refractivity contribution in [3.63, 3.8) is 0 Å². The van der Waals surface area contributed by atoms with E-state index in [1.165, 1.54) is 11.1 Å². The summed E-state index contributed by atoms with van der Waals surface area (Å²) < 4.78 is 0. The van der Waals surface area contributed by atoms with E-state index < -0.39 is 5.60 Å². The molecule has 2 aromatic rings. The molecule has 0 aliphatic rings. The predicted molar refractivity (Wildman–Crippen MR) is 118 cm³/mol. The molecule has 0 N–H and O–H groups in total. The van der Waals surface area contributed by atoms with Crippen LogP contribution in [0.1, 0.15) is 73.4 Å². The van der Waals surface area contributed by atoms with Gasteiger partial charge in [-0.05, 0) is 56.6 Å². The second kappa shape index (κ2) is 8.00. The lowest BCUT2D eigenvalue weighted by molar-refractivity contribution is -0.411. The number of benzene rings is 2. The number of hydrogen-bond acceptors (Lipinski definition) is 2. The van der Waals surface area contributed by atoms with Crippen LogP contribution in [0.15, 0.2) is 60.7 Å². The number of rotatable bonds is 7. The van der Waals surface area contributed by atoms with E-state index in [-0.39, 0.29) is 22.3 Å². The highest BCUT2D eigenvalue weighted by Gasteiger charge is 2.52. The maximum Gasteiger partial charge on any atom is 0.102 e. The van der Waals surface area contributed by atoms with Crippen LogP contribution in [0, 0.1) is 5.92 Å². The summed E-state index contributed by atoms with van der Waals surface area (Å²) in [6.45, 7) is 19.6. The maximum absolute atomic E-state index is 6.17. The molecule has 0 atom stereocenters. The Morgan fingerprint density at radius 3 is 1.21 bits per heavy atom. The lowest BCUT2D eigenvalue weighted by Gasteiger charge is -2.52. The molecule has 2 heteroatoms. The van der Waals surface area contributed by atoms with Crippen molar-refractivity contribution in [1.82, 2.24) is 0 Å². The zero-order valence-corrected chi connectivity index (χ0v) is 19.2. The van der Waals surface area contributed by atoms with E-state index in [1.54, 1.807) is 0 Å². The van der Waals surface area contributed by atoms with E-state index in [0.29, 0.717) is 0 Å². The Bertz CT molecular complexity index is 686. The largest absolute Gasteiger partial charge is 0.230 e. The minimum atomic E-state index is -0.522. The molecule has 154 valence electrons. The lowest BCUT2D eigenvalue weighted by Crippen LogP contribution is -2.55. The summed E-state index contributed by atoms with van der Waals surface area (Å²) in [5.41, 5.74) is 1.42. The average Bonchev–Trinajstić information content (AvgIpc) is 2.60. The molecule has 2 rings (SSSR count). The fourth-order valence-electron chi connectivity index (χ4n) is 4.99. The van der Waals surface area contributed by atoms with Gasteiger partial charge in [0.15, 0.2) is 0 Å². The third-order valence-electron chi connectivity index (χ3n) is 5.68. The van der Waals surface area contributed by atoms with Gasteiger partial charge in [-0.15, -0.1) is 0 Å². The van der Waals surface area contributed by atoms with Crippen LogP contribution in [0.2, 0.25) is 0 Å². The van der Waals surface area contributed by atoms with Crippen LogP contribution in [0.3, 0.4) is 0 Å². The van der Waals surface area contributed by atoms with Crippen molar-refractivity contribution in [2.75, 3.05) is 0 Å². The smallest absolute Gasteiger partial charge is 0.102 e. The van der Waals surface area contributed by atoms with Gasteiger partial charge in [0.05, 0.1) is 5.60 Å². The first-order valence-electron chi connectivity index (χ1n) is 10.3. The minimum Gasteiger partial charge on any atom is -0.230 e. The van der Waals surface area contributed by atoms with E-state index >= 15 is 0 Å². The second-order valence-electron chi connectivity index (χ2n) is 10.5. The fraction of sp³-hybridized carbons (Fsp3) is 0.538. The van der Waals surface area contributed by atoms with Gasteiger partial charge in [0.2, 0.25) is 0 Å². The molecule has 2 nitrogen and oxygen atoms in total. The van der Waals surface area contributed by atoms with Crippen molar-refractivity contribution >= 4 is 0 Å². The maximum atomic E-state index is 6.17. The van der Waals surface area contributed by atoms with Gasteiger partial charge in [0.1, 0.15) is 5.60 Å². The van der Waals surface area contributed by atoms with Gasteiger partial charge in [0, 0.05) is 5.92 Å². The van der Waals surface area contributed by atoms with E-state index in [9.17, 15) is 0 Å². The van der Waals surface area contributed by atoms with Gasteiger partial charge >= 0.3 is 0 Å². The van der Waals surface area contributed by atoms with Crippen molar-refractivity contribution < 1.29 is 9.78 Å². The first-order chi connectivity index (χ1) is 12.8. The Hall–Kier alpha value is -1.64. The van der Waals surface area contributed by atoms with Crippen molar-refractivity contribution in [2.45, 2.75) is 84.3 Å². The quantitative estimate of drug-likeness (QED) is 0.376. The molecule has 0 fully saturated rings. The molecule has 2 aromatic carbocycles. The highest BCUT2D eigenvalue weighted by atomic mass is 17.2. The molecule has 0 aliphatic carbocycles. The lowest BCUT2D eigenvalue weighted by atomic mass is 9.55. The molecule has 0 aliphatic heterocycles. The Morgan fingerprint density at radius 2 is 0.893 bits per heavy atom. The molecule has 0 saturated carbocycles. The van der Waals surface area contributed by atoms with Gasteiger partial charge in [-0.1, -0.05) is 88.4 Å². The molecular weight excluding hydrogens is 344 g/mol. The van der Waals surface area contributed by atoms with Gasteiger partial charge in [0.25, 0.3) is 0 Å². The van der Waals surface area contributed by atoms with Gasteiger partial charge in [-0.3, -0.25) is 0 Å². The molecule has 0 unspecified atom stereocenters. The van der Waals surface area contributed by atoms with Crippen LogP contribution < -0.4 is 0 Å². The predicted octanol–water partition coefficient (Wildman–Crippen LogP) is 7.08. The molecule has 0 heterocycles. The molecule has 0 bridgehead atoms. The van der Waals surface area contributed by atoms with Crippen LogP contribution in [0.4, 0.5) is 0 Å². The Kier molecular flexibility index (Phi) is 6.47. The molecule has 0 spiro atoms. The Labute approximate surface area is 172 Å². The first kappa shape index (κ1) is 22.6. The summed E-state index contributed by atoms with van der Waals surface area (Å²) in [6.07, 6.45) is 0. The minimum absolute atomic E-state index is 0.139.